The van der Waals surface area contributed by atoms with Gasteiger partial charge in [-0.1, -0.05) is 12.2 Å². The molecule has 0 fully saturated rings. The summed E-state index contributed by atoms with van der Waals surface area (Å²) in [4.78, 5) is 20.3. The van der Waals surface area contributed by atoms with Crippen molar-refractivity contribution in [3.63, 3.8) is 0 Å². The summed E-state index contributed by atoms with van der Waals surface area (Å²) in [6.45, 7) is 4.73. The Morgan fingerprint density at radius 3 is 2.88 bits per heavy atom. The molecule has 0 aliphatic rings. The van der Waals surface area contributed by atoms with Gasteiger partial charge in [0.25, 0.3) is 5.56 Å². The molecule has 0 aliphatic heterocycles. The summed E-state index contributed by atoms with van der Waals surface area (Å²) in [5.41, 5.74) is 5.30. The van der Waals surface area contributed by atoms with E-state index in [2.05, 4.69) is 9.97 Å². The van der Waals surface area contributed by atoms with Crippen LogP contribution in [0.4, 0.5) is 5.82 Å². The lowest BCUT2D eigenvalue weighted by atomic mass is 10.3. The monoisotopic (exact) mass is 240 g/mol. The highest BCUT2D eigenvalue weighted by atomic mass is 32.1. The van der Waals surface area contributed by atoms with E-state index in [1.165, 1.54) is 12.4 Å². The molecule has 0 bridgehead atoms. The van der Waals surface area contributed by atoms with E-state index in [0.717, 1.165) is 0 Å². The van der Waals surface area contributed by atoms with Gasteiger partial charge in [-0.2, -0.15) is 0 Å². The topological polar surface area (TPSA) is 75.0 Å². The SMILES string of the molecule is CC(C)N(CCC(N)=S)c1cc(=O)[nH]cn1. The molecule has 6 heteroatoms. The maximum absolute atomic E-state index is 11.2. The molecule has 1 heterocycles. The summed E-state index contributed by atoms with van der Waals surface area (Å²) in [7, 11) is 0. The van der Waals surface area contributed by atoms with Gasteiger partial charge in [0.15, 0.2) is 0 Å². The summed E-state index contributed by atoms with van der Waals surface area (Å²) in [6.07, 6.45) is 2.01. The van der Waals surface area contributed by atoms with Crippen molar-refractivity contribution in [3.05, 3.63) is 22.7 Å². The fourth-order valence-corrected chi connectivity index (χ4v) is 1.47. The van der Waals surface area contributed by atoms with E-state index in [1.54, 1.807) is 0 Å². The van der Waals surface area contributed by atoms with Crippen molar-refractivity contribution in [1.29, 1.82) is 0 Å². The average molecular weight is 240 g/mol. The first-order valence-corrected chi connectivity index (χ1v) is 5.51. The molecule has 1 aromatic rings. The van der Waals surface area contributed by atoms with Gasteiger partial charge in [0.05, 0.1) is 11.3 Å². The molecule has 0 spiro atoms. The minimum Gasteiger partial charge on any atom is -0.393 e. The molecule has 5 nitrogen and oxygen atoms in total. The van der Waals surface area contributed by atoms with E-state index >= 15 is 0 Å². The Morgan fingerprint density at radius 1 is 1.69 bits per heavy atom. The lowest BCUT2D eigenvalue weighted by Gasteiger charge is -2.27. The zero-order chi connectivity index (χ0) is 12.1. The predicted octanol–water partition coefficient (Wildman–Crippen LogP) is 0.661. The van der Waals surface area contributed by atoms with Gasteiger partial charge >= 0.3 is 0 Å². The van der Waals surface area contributed by atoms with Crippen molar-refractivity contribution >= 4 is 23.0 Å². The van der Waals surface area contributed by atoms with Crippen LogP contribution in [0.25, 0.3) is 0 Å². The smallest absolute Gasteiger partial charge is 0.252 e. The first kappa shape index (κ1) is 12.6. The second kappa shape index (κ2) is 5.60. The maximum atomic E-state index is 11.2. The van der Waals surface area contributed by atoms with Crippen LogP contribution >= 0.6 is 12.2 Å². The summed E-state index contributed by atoms with van der Waals surface area (Å²) < 4.78 is 0. The number of rotatable bonds is 5. The van der Waals surface area contributed by atoms with Crippen LogP contribution in [0.5, 0.6) is 0 Å². The normalized spacial score (nSPS) is 10.4. The largest absolute Gasteiger partial charge is 0.393 e. The van der Waals surface area contributed by atoms with Gasteiger partial charge in [-0.3, -0.25) is 4.79 Å². The van der Waals surface area contributed by atoms with Crippen molar-refractivity contribution in [2.45, 2.75) is 26.3 Å². The molecule has 1 rings (SSSR count). The highest BCUT2D eigenvalue weighted by molar-refractivity contribution is 7.80. The number of thiocarbonyl (C=S) groups is 1. The Morgan fingerprint density at radius 2 is 2.38 bits per heavy atom. The van der Waals surface area contributed by atoms with E-state index in [0.29, 0.717) is 23.8 Å². The van der Waals surface area contributed by atoms with Crippen LogP contribution in [0.3, 0.4) is 0 Å². The van der Waals surface area contributed by atoms with Crippen molar-refractivity contribution in [2.75, 3.05) is 11.4 Å². The zero-order valence-corrected chi connectivity index (χ0v) is 10.3. The van der Waals surface area contributed by atoms with Gasteiger partial charge < -0.3 is 15.6 Å². The van der Waals surface area contributed by atoms with Gasteiger partial charge in [0, 0.05) is 25.1 Å². The van der Waals surface area contributed by atoms with E-state index in [-0.39, 0.29) is 11.6 Å². The fourth-order valence-electron chi connectivity index (χ4n) is 1.38. The lowest BCUT2D eigenvalue weighted by Crippen LogP contribution is -2.35. The third-order valence-corrected chi connectivity index (χ3v) is 2.38. The molecular formula is C10H16N4OS. The quantitative estimate of drug-likeness (QED) is 0.740. The molecular weight excluding hydrogens is 224 g/mol. The van der Waals surface area contributed by atoms with Crippen LogP contribution in [0, 0.1) is 0 Å². The second-order valence-corrected chi connectivity index (χ2v) is 4.30. The van der Waals surface area contributed by atoms with Crippen molar-refractivity contribution in [3.8, 4) is 0 Å². The van der Waals surface area contributed by atoms with E-state index in [1.807, 2.05) is 18.7 Å². The molecule has 0 saturated carbocycles. The lowest BCUT2D eigenvalue weighted by molar-refractivity contribution is 0.679. The predicted molar refractivity (Wildman–Crippen MR) is 68.7 cm³/mol. The van der Waals surface area contributed by atoms with E-state index in [9.17, 15) is 4.79 Å². The maximum Gasteiger partial charge on any atom is 0.252 e. The van der Waals surface area contributed by atoms with Gasteiger partial charge in [-0.25, -0.2) is 4.98 Å². The summed E-state index contributed by atoms with van der Waals surface area (Å²) >= 11 is 4.84. The first-order chi connectivity index (χ1) is 7.50. The molecule has 0 atom stereocenters. The number of nitrogens with one attached hydrogen (secondary N) is 1. The number of nitrogens with zero attached hydrogens (tertiary/aromatic N) is 2. The first-order valence-electron chi connectivity index (χ1n) is 5.10. The number of H-pyrrole nitrogens is 1. The minimum absolute atomic E-state index is 0.161. The van der Waals surface area contributed by atoms with Crippen LogP contribution in [0.1, 0.15) is 20.3 Å². The van der Waals surface area contributed by atoms with Crippen molar-refractivity contribution in [2.24, 2.45) is 5.73 Å². The molecule has 0 amide bonds. The number of nitrogens with two attached hydrogens (primary N) is 1. The third-order valence-electron chi connectivity index (χ3n) is 2.18. The average Bonchev–Trinajstić information content (AvgIpc) is 2.17. The van der Waals surface area contributed by atoms with Crippen LogP contribution in [-0.4, -0.2) is 27.5 Å². The second-order valence-electron chi connectivity index (χ2n) is 3.77. The Bertz CT molecular complexity index is 415. The van der Waals surface area contributed by atoms with Gasteiger partial charge in [-0.05, 0) is 13.8 Å². The Balaban J connectivity index is 2.85. The molecule has 0 radical (unpaired) electrons. The van der Waals surface area contributed by atoms with E-state index < -0.39 is 0 Å². The number of hydrogen-bond donors (Lipinski definition) is 2. The number of aromatic nitrogens is 2. The molecule has 16 heavy (non-hydrogen) atoms. The Labute approximate surface area is 99.7 Å². The summed E-state index contributed by atoms with van der Waals surface area (Å²) in [6, 6.07) is 1.71. The van der Waals surface area contributed by atoms with Gasteiger partial charge in [0.2, 0.25) is 0 Å². The van der Waals surface area contributed by atoms with Gasteiger partial charge in [0.1, 0.15) is 5.82 Å². The van der Waals surface area contributed by atoms with Crippen molar-refractivity contribution in [1.82, 2.24) is 9.97 Å². The summed E-state index contributed by atoms with van der Waals surface area (Å²) in [5, 5.41) is 0. The highest BCUT2D eigenvalue weighted by Gasteiger charge is 2.12. The van der Waals surface area contributed by atoms with Crippen LogP contribution in [0.15, 0.2) is 17.2 Å². The van der Waals surface area contributed by atoms with E-state index in [4.69, 9.17) is 18.0 Å². The van der Waals surface area contributed by atoms with Gasteiger partial charge in [-0.15, -0.1) is 0 Å². The minimum atomic E-state index is -0.161. The van der Waals surface area contributed by atoms with Crippen LogP contribution in [0.2, 0.25) is 0 Å². The summed E-state index contributed by atoms with van der Waals surface area (Å²) in [5.74, 6) is 0.648. The standard InChI is InChI=1S/C10H16N4OS/c1-7(2)14(4-3-8(11)16)9-5-10(15)13-6-12-9/h5-7H,3-4H2,1-2H3,(H2,11,16)(H,12,13,15). The molecule has 1 aromatic heterocycles. The molecule has 0 saturated heterocycles. The van der Waals surface area contributed by atoms with Crippen molar-refractivity contribution < 1.29 is 0 Å². The molecule has 0 unspecified atom stereocenters. The third kappa shape index (κ3) is 3.62. The Hall–Kier alpha value is -1.43. The van der Waals surface area contributed by atoms with Crippen LogP contribution in [-0.2, 0) is 0 Å². The molecule has 88 valence electrons. The molecule has 0 aliphatic carbocycles. The number of aromatic amines is 1. The number of hydrogen-bond acceptors (Lipinski definition) is 4. The van der Waals surface area contributed by atoms with Crippen LogP contribution < -0.4 is 16.2 Å². The highest BCUT2D eigenvalue weighted by Crippen LogP contribution is 2.11. The number of anilines is 1. The molecule has 0 aromatic carbocycles. The molecule has 3 N–H and O–H groups in total. The fraction of sp³-hybridized carbons (Fsp3) is 0.500. The Kier molecular flexibility index (Phi) is 4.42. The zero-order valence-electron chi connectivity index (χ0n) is 9.43.